The number of hydrogen-bond acceptors (Lipinski definition) is 5. The van der Waals surface area contributed by atoms with E-state index in [0.717, 1.165) is 17.1 Å². The van der Waals surface area contributed by atoms with Crippen molar-refractivity contribution in [2.45, 2.75) is 26.8 Å². The van der Waals surface area contributed by atoms with E-state index in [2.05, 4.69) is 10.4 Å². The standard InChI is InChI=1S/C16H27N5O3/c1-11-15(12(2)20(5)18-11)17-16(23)13(3)19(4)10-14(22)21-6-8-24-9-7-21/h13H,6-10H2,1-5H3,(H,17,23)/t13-/m0/s1. The van der Waals surface area contributed by atoms with Crippen LogP contribution in [0.25, 0.3) is 0 Å². The van der Waals surface area contributed by atoms with Gasteiger partial charge in [0.1, 0.15) is 0 Å². The van der Waals surface area contributed by atoms with Gasteiger partial charge in [0.2, 0.25) is 11.8 Å². The number of nitrogens with one attached hydrogen (secondary N) is 1. The van der Waals surface area contributed by atoms with Crippen LogP contribution >= 0.6 is 0 Å². The number of carbonyl (C=O) groups excluding carboxylic acids is 2. The summed E-state index contributed by atoms with van der Waals surface area (Å²) >= 11 is 0. The molecule has 0 aliphatic carbocycles. The predicted octanol–water partition coefficient (Wildman–Crippen LogP) is 0.155. The number of rotatable bonds is 5. The minimum Gasteiger partial charge on any atom is -0.378 e. The molecule has 0 unspecified atom stereocenters. The zero-order chi connectivity index (χ0) is 17.9. The highest BCUT2D eigenvalue weighted by Crippen LogP contribution is 2.18. The van der Waals surface area contributed by atoms with E-state index in [0.29, 0.717) is 26.3 Å². The van der Waals surface area contributed by atoms with Gasteiger partial charge < -0.3 is 15.0 Å². The van der Waals surface area contributed by atoms with Crippen LogP contribution in [0, 0.1) is 13.8 Å². The summed E-state index contributed by atoms with van der Waals surface area (Å²) in [5.74, 6) is -0.124. The van der Waals surface area contributed by atoms with E-state index in [9.17, 15) is 9.59 Å². The monoisotopic (exact) mass is 337 g/mol. The summed E-state index contributed by atoms with van der Waals surface area (Å²) in [5, 5.41) is 7.22. The maximum Gasteiger partial charge on any atom is 0.241 e. The van der Waals surface area contributed by atoms with E-state index < -0.39 is 6.04 Å². The Hall–Kier alpha value is -1.93. The second-order valence-electron chi connectivity index (χ2n) is 6.24. The van der Waals surface area contributed by atoms with Gasteiger partial charge in [-0.15, -0.1) is 0 Å². The van der Waals surface area contributed by atoms with Crippen LogP contribution in [0.1, 0.15) is 18.3 Å². The highest BCUT2D eigenvalue weighted by atomic mass is 16.5. The predicted molar refractivity (Wildman–Crippen MR) is 90.8 cm³/mol. The van der Waals surface area contributed by atoms with Crippen molar-refractivity contribution >= 4 is 17.5 Å². The lowest BCUT2D eigenvalue weighted by Gasteiger charge is -2.30. The number of likely N-dealkylation sites (N-methyl/N-ethyl adjacent to an activating group) is 1. The maximum absolute atomic E-state index is 12.5. The summed E-state index contributed by atoms with van der Waals surface area (Å²) in [7, 11) is 3.63. The van der Waals surface area contributed by atoms with Gasteiger partial charge in [-0.2, -0.15) is 5.10 Å². The molecule has 2 amide bonds. The number of ether oxygens (including phenoxy) is 1. The van der Waals surface area contributed by atoms with Crippen LogP contribution in [-0.4, -0.2) is 77.3 Å². The first kappa shape index (κ1) is 18.4. The van der Waals surface area contributed by atoms with Crippen molar-refractivity contribution in [3.05, 3.63) is 11.4 Å². The normalized spacial score (nSPS) is 16.3. The van der Waals surface area contributed by atoms with E-state index in [-0.39, 0.29) is 18.4 Å². The molecule has 0 spiro atoms. The molecule has 2 rings (SSSR count). The Bertz CT molecular complexity index is 607. The smallest absolute Gasteiger partial charge is 0.241 e. The molecule has 0 radical (unpaired) electrons. The first-order chi connectivity index (χ1) is 11.3. The van der Waals surface area contributed by atoms with Crippen molar-refractivity contribution in [3.8, 4) is 0 Å². The lowest BCUT2D eigenvalue weighted by atomic mass is 10.2. The van der Waals surface area contributed by atoms with E-state index in [4.69, 9.17) is 4.74 Å². The molecule has 134 valence electrons. The number of hydrogen-bond donors (Lipinski definition) is 1. The number of nitrogens with zero attached hydrogens (tertiary/aromatic N) is 4. The number of morpholine rings is 1. The Morgan fingerprint density at radius 1 is 1.33 bits per heavy atom. The van der Waals surface area contributed by atoms with Crippen LogP contribution in [-0.2, 0) is 21.4 Å². The SMILES string of the molecule is Cc1nn(C)c(C)c1NC(=O)[C@H](C)N(C)CC(=O)N1CCOCC1. The third-order valence-corrected chi connectivity index (χ3v) is 4.55. The molecule has 1 N–H and O–H groups in total. The Balaban J connectivity index is 1.93. The molecule has 1 fully saturated rings. The lowest BCUT2D eigenvalue weighted by Crippen LogP contribution is -2.48. The maximum atomic E-state index is 12.5. The van der Waals surface area contributed by atoms with E-state index in [1.165, 1.54) is 0 Å². The molecular formula is C16H27N5O3. The zero-order valence-corrected chi connectivity index (χ0v) is 15.1. The first-order valence-electron chi connectivity index (χ1n) is 8.18. The van der Waals surface area contributed by atoms with Crippen LogP contribution in [0.5, 0.6) is 0 Å². The average Bonchev–Trinajstić information content (AvgIpc) is 2.81. The van der Waals surface area contributed by atoms with Crippen molar-refractivity contribution < 1.29 is 14.3 Å². The number of carbonyl (C=O) groups is 2. The average molecular weight is 337 g/mol. The summed E-state index contributed by atoms with van der Waals surface area (Å²) < 4.78 is 6.99. The van der Waals surface area contributed by atoms with Gasteiger partial charge in [-0.1, -0.05) is 0 Å². The van der Waals surface area contributed by atoms with Crippen molar-refractivity contribution in [1.82, 2.24) is 19.6 Å². The van der Waals surface area contributed by atoms with E-state index >= 15 is 0 Å². The lowest BCUT2D eigenvalue weighted by molar-refractivity contribution is -0.137. The molecule has 2 heterocycles. The fraction of sp³-hybridized carbons (Fsp3) is 0.688. The van der Waals surface area contributed by atoms with Gasteiger partial charge in [0.15, 0.2) is 0 Å². The summed E-state index contributed by atoms with van der Waals surface area (Å²) in [5.41, 5.74) is 2.42. The van der Waals surface area contributed by atoms with Crippen molar-refractivity contribution in [2.24, 2.45) is 7.05 Å². The molecule has 24 heavy (non-hydrogen) atoms. The van der Waals surface area contributed by atoms with Crippen LogP contribution in [0.3, 0.4) is 0 Å². The fourth-order valence-corrected chi connectivity index (χ4v) is 2.65. The quantitative estimate of drug-likeness (QED) is 0.828. The molecule has 8 heteroatoms. The first-order valence-corrected chi connectivity index (χ1v) is 8.18. The third kappa shape index (κ3) is 4.12. The minimum absolute atomic E-state index is 0.0224. The Kier molecular flexibility index (Phi) is 5.95. The van der Waals surface area contributed by atoms with Gasteiger partial charge in [-0.3, -0.25) is 19.2 Å². The summed E-state index contributed by atoms with van der Waals surface area (Å²) in [4.78, 5) is 28.3. The summed E-state index contributed by atoms with van der Waals surface area (Å²) in [6.07, 6.45) is 0. The van der Waals surface area contributed by atoms with Gasteiger partial charge in [0.05, 0.1) is 42.9 Å². The highest BCUT2D eigenvalue weighted by Gasteiger charge is 2.25. The second-order valence-corrected chi connectivity index (χ2v) is 6.24. The van der Waals surface area contributed by atoms with Gasteiger partial charge in [-0.25, -0.2) is 0 Å². The summed E-state index contributed by atoms with van der Waals surface area (Å²) in [6, 6.07) is -0.422. The molecule has 0 aromatic carbocycles. The molecular weight excluding hydrogens is 310 g/mol. The molecule has 1 saturated heterocycles. The number of aryl methyl sites for hydroxylation is 2. The Morgan fingerprint density at radius 2 is 1.96 bits per heavy atom. The third-order valence-electron chi connectivity index (χ3n) is 4.55. The van der Waals surface area contributed by atoms with E-state index in [1.807, 2.05) is 20.9 Å². The van der Waals surface area contributed by atoms with Crippen LogP contribution in [0.2, 0.25) is 0 Å². The second kappa shape index (κ2) is 7.76. The largest absolute Gasteiger partial charge is 0.378 e. The zero-order valence-electron chi connectivity index (χ0n) is 15.1. The molecule has 1 aliphatic rings. The topological polar surface area (TPSA) is 79.7 Å². The molecule has 8 nitrogen and oxygen atoms in total. The molecule has 0 bridgehead atoms. The van der Waals surface area contributed by atoms with Gasteiger partial charge in [-0.05, 0) is 27.8 Å². The van der Waals surface area contributed by atoms with Gasteiger partial charge >= 0.3 is 0 Å². The van der Waals surface area contributed by atoms with E-state index in [1.54, 1.807) is 28.5 Å². The number of amides is 2. The Labute approximate surface area is 142 Å². The van der Waals surface area contributed by atoms with Crippen molar-refractivity contribution in [2.75, 3.05) is 45.2 Å². The Morgan fingerprint density at radius 3 is 2.50 bits per heavy atom. The van der Waals surface area contributed by atoms with Gasteiger partial charge in [0, 0.05) is 20.1 Å². The molecule has 1 aliphatic heterocycles. The van der Waals surface area contributed by atoms with Crippen LogP contribution in [0.4, 0.5) is 5.69 Å². The van der Waals surface area contributed by atoms with Gasteiger partial charge in [0.25, 0.3) is 0 Å². The van der Waals surface area contributed by atoms with Crippen LogP contribution in [0.15, 0.2) is 0 Å². The number of anilines is 1. The molecule has 1 aromatic heterocycles. The molecule has 1 aromatic rings. The highest BCUT2D eigenvalue weighted by molar-refractivity contribution is 5.95. The minimum atomic E-state index is -0.422. The van der Waals surface area contributed by atoms with Crippen LogP contribution < -0.4 is 5.32 Å². The summed E-state index contributed by atoms with van der Waals surface area (Å²) in [6.45, 7) is 8.15. The number of aromatic nitrogens is 2. The fourth-order valence-electron chi connectivity index (χ4n) is 2.65. The molecule has 1 atom stereocenters. The van der Waals surface area contributed by atoms with Crippen molar-refractivity contribution in [3.63, 3.8) is 0 Å². The molecule has 0 saturated carbocycles. The van der Waals surface area contributed by atoms with Crippen molar-refractivity contribution in [1.29, 1.82) is 0 Å².